The van der Waals surface area contributed by atoms with Gasteiger partial charge in [0.1, 0.15) is 11.6 Å². The molecule has 0 bridgehead atoms. The van der Waals surface area contributed by atoms with Gasteiger partial charge in [-0.2, -0.15) is 10.1 Å². The quantitative estimate of drug-likeness (QED) is 0.533. The Labute approximate surface area is 156 Å². The van der Waals surface area contributed by atoms with Gasteiger partial charge >= 0.3 is 0 Å². The number of pyridine rings is 1. The number of anilines is 1. The second-order valence-electron chi connectivity index (χ2n) is 6.67. The predicted octanol–water partition coefficient (Wildman–Crippen LogP) is 2.57. The van der Waals surface area contributed by atoms with Crippen LogP contribution in [0.3, 0.4) is 0 Å². The lowest BCUT2D eigenvalue weighted by atomic mass is 10.2. The molecule has 0 aromatic carbocycles. The van der Waals surface area contributed by atoms with Crippen LogP contribution in [0.4, 0.5) is 5.82 Å². The van der Waals surface area contributed by atoms with Gasteiger partial charge in [-0.1, -0.05) is 19.0 Å². The lowest BCUT2D eigenvalue weighted by molar-refractivity contribution is 0.378. The highest BCUT2D eigenvalue weighted by atomic mass is 16.5. The van der Waals surface area contributed by atoms with Crippen molar-refractivity contribution in [1.29, 1.82) is 0 Å². The molecule has 0 aliphatic rings. The van der Waals surface area contributed by atoms with Gasteiger partial charge in [0.25, 0.3) is 0 Å². The van der Waals surface area contributed by atoms with Gasteiger partial charge < -0.3 is 9.42 Å². The molecule has 0 radical (unpaired) electrons. The number of aryl methyl sites for hydroxylation is 1. The molecule has 0 saturated heterocycles. The smallest absolute Gasteiger partial charge is 0.246 e. The van der Waals surface area contributed by atoms with E-state index in [-0.39, 0.29) is 5.92 Å². The average molecular weight is 364 g/mol. The summed E-state index contributed by atoms with van der Waals surface area (Å²) in [7, 11) is 3.82. The van der Waals surface area contributed by atoms with E-state index in [0.29, 0.717) is 18.3 Å². The molecule has 27 heavy (non-hydrogen) atoms. The third kappa shape index (κ3) is 3.23. The lowest BCUT2D eigenvalue weighted by Crippen LogP contribution is -2.19. The summed E-state index contributed by atoms with van der Waals surface area (Å²) < 4.78 is 7.18. The van der Waals surface area contributed by atoms with Crippen molar-refractivity contribution in [3.63, 3.8) is 0 Å². The summed E-state index contributed by atoms with van der Waals surface area (Å²) in [6, 6.07) is 3.69. The number of aromatic nitrogens is 7. The van der Waals surface area contributed by atoms with Crippen molar-refractivity contribution in [1.82, 2.24) is 34.9 Å². The molecule has 0 saturated carbocycles. The summed E-state index contributed by atoms with van der Waals surface area (Å²) in [5.41, 5.74) is 1.67. The molecule has 4 aromatic rings. The molecule has 0 unspecified atom stereocenters. The summed E-state index contributed by atoms with van der Waals surface area (Å²) in [5.74, 6) is 2.82. The molecule has 9 heteroatoms. The summed E-state index contributed by atoms with van der Waals surface area (Å²) in [4.78, 5) is 19.8. The van der Waals surface area contributed by atoms with Crippen molar-refractivity contribution in [2.45, 2.75) is 26.3 Å². The van der Waals surface area contributed by atoms with E-state index in [1.807, 2.05) is 31.1 Å². The van der Waals surface area contributed by atoms with Crippen LogP contribution in [0.25, 0.3) is 22.4 Å². The fourth-order valence-electron chi connectivity index (χ4n) is 2.79. The Hall–Kier alpha value is -3.36. The normalized spacial score (nSPS) is 11.4. The first-order valence-electron chi connectivity index (χ1n) is 8.66. The molecule has 4 rings (SSSR count). The van der Waals surface area contributed by atoms with Crippen molar-refractivity contribution in [3.8, 4) is 11.4 Å². The zero-order chi connectivity index (χ0) is 19.0. The van der Waals surface area contributed by atoms with Crippen LogP contribution in [0.15, 0.2) is 35.2 Å². The Morgan fingerprint density at radius 1 is 1.15 bits per heavy atom. The molecular formula is C18H20N8O. The Morgan fingerprint density at radius 3 is 2.67 bits per heavy atom. The second kappa shape index (κ2) is 6.75. The van der Waals surface area contributed by atoms with E-state index in [9.17, 15) is 0 Å². The molecule has 0 fully saturated rings. The van der Waals surface area contributed by atoms with Crippen LogP contribution in [-0.2, 0) is 13.6 Å². The first-order chi connectivity index (χ1) is 13.0. The zero-order valence-electron chi connectivity index (χ0n) is 15.7. The van der Waals surface area contributed by atoms with E-state index in [1.165, 1.54) is 0 Å². The van der Waals surface area contributed by atoms with Crippen molar-refractivity contribution >= 4 is 16.9 Å². The van der Waals surface area contributed by atoms with Crippen LogP contribution in [0, 0.1) is 0 Å². The van der Waals surface area contributed by atoms with Crippen LogP contribution >= 0.6 is 0 Å². The van der Waals surface area contributed by atoms with Gasteiger partial charge in [-0.15, -0.1) is 0 Å². The summed E-state index contributed by atoms with van der Waals surface area (Å²) >= 11 is 0. The summed E-state index contributed by atoms with van der Waals surface area (Å²) in [6.07, 6.45) is 5.18. The molecule has 4 aromatic heterocycles. The molecule has 4 heterocycles. The monoisotopic (exact) mass is 364 g/mol. The van der Waals surface area contributed by atoms with E-state index in [1.54, 1.807) is 23.3 Å². The molecule has 0 aliphatic heterocycles. The average Bonchev–Trinajstić information content (AvgIpc) is 3.29. The van der Waals surface area contributed by atoms with Gasteiger partial charge in [-0.05, 0) is 12.1 Å². The van der Waals surface area contributed by atoms with E-state index >= 15 is 0 Å². The Kier molecular flexibility index (Phi) is 4.27. The largest absolute Gasteiger partial charge is 0.350 e. The third-order valence-corrected chi connectivity index (χ3v) is 4.25. The van der Waals surface area contributed by atoms with Crippen LogP contribution in [-0.4, -0.2) is 41.9 Å². The van der Waals surface area contributed by atoms with Crippen molar-refractivity contribution in [2.24, 2.45) is 7.05 Å². The van der Waals surface area contributed by atoms with Gasteiger partial charge in [0.05, 0.1) is 18.1 Å². The highest BCUT2D eigenvalue weighted by Gasteiger charge is 2.18. The van der Waals surface area contributed by atoms with E-state index < -0.39 is 0 Å². The fraction of sp³-hybridized carbons (Fsp3) is 0.333. The highest BCUT2D eigenvalue weighted by Crippen LogP contribution is 2.26. The summed E-state index contributed by atoms with van der Waals surface area (Å²) in [6.45, 7) is 4.57. The number of hydrogen-bond acceptors (Lipinski definition) is 8. The third-order valence-electron chi connectivity index (χ3n) is 4.25. The Morgan fingerprint density at radius 2 is 1.93 bits per heavy atom. The van der Waals surface area contributed by atoms with Crippen molar-refractivity contribution < 1.29 is 4.52 Å². The maximum Gasteiger partial charge on any atom is 0.246 e. The zero-order valence-corrected chi connectivity index (χ0v) is 15.7. The van der Waals surface area contributed by atoms with Gasteiger partial charge in [0.15, 0.2) is 5.65 Å². The van der Waals surface area contributed by atoms with Crippen LogP contribution in [0.5, 0.6) is 0 Å². The molecule has 0 atom stereocenters. The van der Waals surface area contributed by atoms with Crippen LogP contribution < -0.4 is 4.90 Å². The van der Waals surface area contributed by atoms with E-state index in [4.69, 9.17) is 9.51 Å². The molecular weight excluding hydrogens is 344 g/mol. The minimum atomic E-state index is 0.207. The number of hydrogen-bond donors (Lipinski definition) is 0. The predicted molar refractivity (Wildman–Crippen MR) is 100 cm³/mol. The maximum atomic E-state index is 5.42. The molecule has 0 spiro atoms. The first-order valence-corrected chi connectivity index (χ1v) is 8.66. The standard InChI is InChI=1S/C18H20N8O/c1-11(2)15-22-17(13-9-20-26(4)18(13)23-15)25(3)10-14-21-16(24-27-14)12-5-7-19-8-6-12/h5-9,11H,10H2,1-4H3. The number of nitrogens with zero attached hydrogens (tertiary/aromatic N) is 8. The van der Waals surface area contributed by atoms with E-state index in [2.05, 4.69) is 39.1 Å². The minimum Gasteiger partial charge on any atom is -0.350 e. The highest BCUT2D eigenvalue weighted by molar-refractivity contribution is 5.86. The summed E-state index contributed by atoms with van der Waals surface area (Å²) in [5, 5.41) is 9.26. The van der Waals surface area contributed by atoms with Gasteiger partial charge in [0, 0.05) is 38.0 Å². The maximum absolute atomic E-state index is 5.42. The van der Waals surface area contributed by atoms with Crippen molar-refractivity contribution in [2.75, 3.05) is 11.9 Å². The Bertz CT molecular complexity index is 1070. The Balaban J connectivity index is 1.65. The van der Waals surface area contributed by atoms with Crippen LogP contribution in [0.1, 0.15) is 31.5 Å². The minimum absolute atomic E-state index is 0.207. The van der Waals surface area contributed by atoms with Crippen LogP contribution in [0.2, 0.25) is 0 Å². The molecule has 0 N–H and O–H groups in total. The second-order valence-corrected chi connectivity index (χ2v) is 6.67. The molecule has 0 aliphatic carbocycles. The van der Waals surface area contributed by atoms with Crippen molar-refractivity contribution in [3.05, 3.63) is 42.4 Å². The van der Waals surface area contributed by atoms with Gasteiger partial charge in [-0.25, -0.2) is 9.97 Å². The SMILES string of the molecule is CC(C)c1nc(N(C)Cc2nc(-c3ccncc3)no2)c2cnn(C)c2n1. The topological polar surface area (TPSA) is 98.6 Å². The van der Waals surface area contributed by atoms with Gasteiger partial charge in [-0.3, -0.25) is 9.67 Å². The fourth-order valence-corrected chi connectivity index (χ4v) is 2.79. The number of rotatable bonds is 5. The molecule has 138 valence electrons. The lowest BCUT2D eigenvalue weighted by Gasteiger charge is -2.18. The molecule has 9 nitrogen and oxygen atoms in total. The van der Waals surface area contributed by atoms with Gasteiger partial charge in [0.2, 0.25) is 11.7 Å². The molecule has 0 amide bonds. The van der Waals surface area contributed by atoms with E-state index in [0.717, 1.165) is 28.2 Å². The first kappa shape index (κ1) is 17.1. The number of fused-ring (bicyclic) bond motifs is 1.